The summed E-state index contributed by atoms with van der Waals surface area (Å²) in [5, 5.41) is 0.246. The van der Waals surface area contributed by atoms with Gasteiger partial charge in [0.15, 0.2) is 0 Å². The van der Waals surface area contributed by atoms with Crippen LogP contribution in [0.4, 0.5) is 0 Å². The molecule has 0 unspecified atom stereocenters. The minimum absolute atomic E-state index is 0.246. The maximum atomic E-state index is 11.5. The zero-order chi connectivity index (χ0) is 12.4. The van der Waals surface area contributed by atoms with Crippen molar-refractivity contribution >= 4 is 16.9 Å². The molecule has 0 radical (unpaired) electrons. The Morgan fingerprint density at radius 3 is 2.76 bits per heavy atom. The zero-order valence-corrected chi connectivity index (χ0v) is 9.07. The number of carbonyl (C=O) groups is 1. The molecule has 0 saturated heterocycles. The minimum Gasteiger partial charge on any atom is -0.462 e. The van der Waals surface area contributed by atoms with Crippen molar-refractivity contribution < 1.29 is 9.53 Å². The number of hydrogen-bond donors (Lipinski definition) is 2. The highest BCUT2D eigenvalue weighted by Crippen LogP contribution is 2.09. The number of ether oxygens (including phenoxy) is 1. The molecule has 2 aromatic rings. The van der Waals surface area contributed by atoms with Crippen molar-refractivity contribution in [2.45, 2.75) is 6.92 Å². The molecular weight excluding hydrogens is 224 g/mol. The van der Waals surface area contributed by atoms with Crippen LogP contribution < -0.4 is 11.2 Å². The lowest BCUT2D eigenvalue weighted by Crippen LogP contribution is -2.22. The van der Waals surface area contributed by atoms with Crippen LogP contribution in [0, 0.1) is 0 Å². The number of H-pyrrole nitrogens is 2. The van der Waals surface area contributed by atoms with E-state index in [0.717, 1.165) is 0 Å². The molecule has 2 rings (SSSR count). The Kier molecular flexibility index (Phi) is 2.78. The normalized spacial score (nSPS) is 10.4. The van der Waals surface area contributed by atoms with E-state index in [2.05, 4.69) is 9.97 Å². The summed E-state index contributed by atoms with van der Waals surface area (Å²) in [5.74, 6) is -0.500. The standard InChI is InChI=1S/C11H10N2O4/c1-2-17-10(15)6-3-4-8-7(5-6)9(14)13-11(16)12-8/h3-5H,2H2,1H3,(H2,12,13,14,16). The van der Waals surface area contributed by atoms with Gasteiger partial charge in [0.25, 0.3) is 5.56 Å². The monoisotopic (exact) mass is 234 g/mol. The molecule has 6 heteroatoms. The van der Waals surface area contributed by atoms with Crippen LogP contribution in [-0.2, 0) is 4.74 Å². The van der Waals surface area contributed by atoms with E-state index < -0.39 is 17.2 Å². The van der Waals surface area contributed by atoms with Crippen LogP contribution in [-0.4, -0.2) is 22.5 Å². The van der Waals surface area contributed by atoms with Gasteiger partial charge in [-0.15, -0.1) is 0 Å². The number of benzene rings is 1. The van der Waals surface area contributed by atoms with Gasteiger partial charge in [-0.1, -0.05) is 0 Å². The van der Waals surface area contributed by atoms with E-state index in [1.807, 2.05) is 0 Å². The lowest BCUT2D eigenvalue weighted by molar-refractivity contribution is 0.0526. The summed E-state index contributed by atoms with van der Waals surface area (Å²) in [4.78, 5) is 38.5. The van der Waals surface area contributed by atoms with Crippen LogP contribution in [0.1, 0.15) is 17.3 Å². The van der Waals surface area contributed by atoms with Crippen LogP contribution in [0.5, 0.6) is 0 Å². The Hall–Kier alpha value is -2.37. The quantitative estimate of drug-likeness (QED) is 0.735. The van der Waals surface area contributed by atoms with Crippen molar-refractivity contribution in [1.29, 1.82) is 0 Å². The summed E-state index contributed by atoms with van der Waals surface area (Å²) >= 11 is 0. The Morgan fingerprint density at radius 1 is 1.29 bits per heavy atom. The molecule has 1 aromatic carbocycles. The van der Waals surface area contributed by atoms with Crippen molar-refractivity contribution in [2.75, 3.05) is 6.61 Å². The first-order valence-electron chi connectivity index (χ1n) is 5.05. The SMILES string of the molecule is CCOC(=O)c1ccc2[nH]c(=O)[nH]c(=O)c2c1. The number of hydrogen-bond acceptors (Lipinski definition) is 4. The smallest absolute Gasteiger partial charge is 0.338 e. The Bertz CT molecular complexity index is 684. The second kappa shape index (κ2) is 4.25. The third kappa shape index (κ3) is 2.10. The van der Waals surface area contributed by atoms with Crippen molar-refractivity contribution in [3.05, 3.63) is 44.6 Å². The average molecular weight is 234 g/mol. The number of aromatic amines is 2. The topological polar surface area (TPSA) is 92.0 Å². The average Bonchev–Trinajstić information content (AvgIpc) is 2.28. The molecule has 0 spiro atoms. The molecule has 88 valence electrons. The predicted octanol–water partition coefficient (Wildman–Crippen LogP) is 0.393. The van der Waals surface area contributed by atoms with Gasteiger partial charge in [0.05, 0.1) is 23.1 Å². The maximum absolute atomic E-state index is 11.5. The molecule has 0 aliphatic heterocycles. The number of fused-ring (bicyclic) bond motifs is 1. The summed E-state index contributed by atoms with van der Waals surface area (Å²) in [6.07, 6.45) is 0. The van der Waals surface area contributed by atoms with Crippen LogP contribution in [0.25, 0.3) is 10.9 Å². The molecular formula is C11H10N2O4. The number of aromatic nitrogens is 2. The summed E-state index contributed by atoms with van der Waals surface area (Å²) in [7, 11) is 0. The van der Waals surface area contributed by atoms with Crippen LogP contribution in [0.3, 0.4) is 0 Å². The lowest BCUT2D eigenvalue weighted by atomic mass is 10.1. The summed E-state index contributed by atoms with van der Waals surface area (Å²) in [5.41, 5.74) is -0.454. The number of carbonyl (C=O) groups excluding carboxylic acids is 1. The van der Waals surface area contributed by atoms with Gasteiger partial charge in [-0.25, -0.2) is 9.59 Å². The van der Waals surface area contributed by atoms with Gasteiger partial charge < -0.3 is 9.72 Å². The van der Waals surface area contributed by atoms with E-state index >= 15 is 0 Å². The predicted molar refractivity (Wildman–Crippen MR) is 61.1 cm³/mol. The largest absolute Gasteiger partial charge is 0.462 e. The molecule has 0 aliphatic carbocycles. The summed E-state index contributed by atoms with van der Waals surface area (Å²) < 4.78 is 4.82. The van der Waals surface area contributed by atoms with E-state index in [-0.39, 0.29) is 17.6 Å². The fraction of sp³-hybridized carbons (Fsp3) is 0.182. The fourth-order valence-corrected chi connectivity index (χ4v) is 1.51. The number of nitrogens with one attached hydrogen (secondary N) is 2. The highest BCUT2D eigenvalue weighted by molar-refractivity contribution is 5.94. The van der Waals surface area contributed by atoms with Crippen molar-refractivity contribution in [2.24, 2.45) is 0 Å². The second-order valence-corrected chi connectivity index (χ2v) is 3.39. The highest BCUT2D eigenvalue weighted by Gasteiger charge is 2.09. The van der Waals surface area contributed by atoms with E-state index in [4.69, 9.17) is 4.74 Å². The van der Waals surface area contributed by atoms with Gasteiger partial charge in [-0.05, 0) is 25.1 Å². The van der Waals surface area contributed by atoms with Crippen LogP contribution >= 0.6 is 0 Å². The second-order valence-electron chi connectivity index (χ2n) is 3.39. The summed E-state index contributed by atoms with van der Waals surface area (Å²) in [6.45, 7) is 1.96. The highest BCUT2D eigenvalue weighted by atomic mass is 16.5. The molecule has 0 fully saturated rings. The van der Waals surface area contributed by atoms with Crippen molar-refractivity contribution in [3.8, 4) is 0 Å². The zero-order valence-electron chi connectivity index (χ0n) is 9.07. The van der Waals surface area contributed by atoms with Crippen LogP contribution in [0.15, 0.2) is 27.8 Å². The lowest BCUT2D eigenvalue weighted by Gasteiger charge is -2.02. The van der Waals surface area contributed by atoms with Gasteiger partial charge in [-0.2, -0.15) is 0 Å². The Labute approximate surface area is 95.2 Å². The van der Waals surface area contributed by atoms with E-state index in [0.29, 0.717) is 5.52 Å². The maximum Gasteiger partial charge on any atom is 0.338 e. The van der Waals surface area contributed by atoms with E-state index in [1.54, 1.807) is 6.92 Å². The number of rotatable bonds is 2. The first-order valence-corrected chi connectivity index (χ1v) is 5.05. The fourth-order valence-electron chi connectivity index (χ4n) is 1.51. The van der Waals surface area contributed by atoms with Gasteiger partial charge in [0.1, 0.15) is 0 Å². The molecule has 0 bridgehead atoms. The van der Waals surface area contributed by atoms with Gasteiger partial charge >= 0.3 is 11.7 Å². The minimum atomic E-state index is -0.577. The van der Waals surface area contributed by atoms with Gasteiger partial charge in [0.2, 0.25) is 0 Å². The van der Waals surface area contributed by atoms with E-state index in [9.17, 15) is 14.4 Å². The van der Waals surface area contributed by atoms with E-state index in [1.165, 1.54) is 18.2 Å². The Balaban J connectivity index is 2.62. The molecule has 1 aromatic heterocycles. The molecule has 6 nitrogen and oxygen atoms in total. The summed E-state index contributed by atoms with van der Waals surface area (Å²) in [6, 6.07) is 4.38. The third-order valence-corrected chi connectivity index (χ3v) is 2.25. The number of esters is 1. The van der Waals surface area contributed by atoms with Crippen LogP contribution in [0.2, 0.25) is 0 Å². The first-order chi connectivity index (χ1) is 8.11. The molecule has 0 saturated carbocycles. The molecule has 17 heavy (non-hydrogen) atoms. The van der Waals surface area contributed by atoms with Crippen molar-refractivity contribution in [3.63, 3.8) is 0 Å². The molecule has 2 N–H and O–H groups in total. The molecule has 0 atom stereocenters. The molecule has 0 aliphatic rings. The molecule has 1 heterocycles. The van der Waals surface area contributed by atoms with Crippen molar-refractivity contribution in [1.82, 2.24) is 9.97 Å². The van der Waals surface area contributed by atoms with Gasteiger partial charge in [0, 0.05) is 0 Å². The first kappa shape index (κ1) is 11.1. The third-order valence-electron chi connectivity index (χ3n) is 2.25. The Morgan fingerprint density at radius 2 is 2.06 bits per heavy atom. The van der Waals surface area contributed by atoms with Gasteiger partial charge in [-0.3, -0.25) is 9.78 Å². The molecule has 0 amide bonds.